The Balaban J connectivity index is 3.57. The predicted octanol–water partition coefficient (Wildman–Crippen LogP) is 0.578. The molecule has 0 aliphatic rings. The molecule has 0 aliphatic carbocycles. The molecule has 1 atom stereocenters. The van der Waals surface area contributed by atoms with E-state index in [4.69, 9.17) is 5.11 Å². The van der Waals surface area contributed by atoms with E-state index in [1.54, 1.807) is 6.92 Å². The van der Waals surface area contributed by atoms with E-state index in [9.17, 15) is 13.6 Å². The fourth-order valence-electron chi connectivity index (χ4n) is 1.50. The lowest BCUT2D eigenvalue weighted by Crippen LogP contribution is -2.06. The van der Waals surface area contributed by atoms with E-state index >= 15 is 0 Å². The fourth-order valence-corrected chi connectivity index (χ4v) is 2.22. The van der Waals surface area contributed by atoms with Gasteiger partial charge in [-0.3, -0.25) is 4.21 Å². The van der Waals surface area contributed by atoms with Crippen LogP contribution in [-0.4, -0.2) is 24.4 Å². The summed E-state index contributed by atoms with van der Waals surface area (Å²) in [5.74, 6) is -1.12. The van der Waals surface area contributed by atoms with Gasteiger partial charge in [-0.1, -0.05) is 0 Å². The highest BCUT2D eigenvalue weighted by molar-refractivity contribution is 7.79. The van der Waals surface area contributed by atoms with Crippen molar-refractivity contribution in [3.63, 3.8) is 0 Å². The highest BCUT2D eigenvalue weighted by atomic mass is 32.2. The van der Waals surface area contributed by atoms with Gasteiger partial charge in [0.25, 0.3) is 0 Å². The third-order valence-corrected chi connectivity index (χ3v) is 3.17. The first-order valence-corrected chi connectivity index (χ1v) is 4.93. The first kappa shape index (κ1) is 10.9. The van der Waals surface area contributed by atoms with Crippen LogP contribution in [0.5, 0.6) is 0 Å². The molecule has 1 aromatic rings. The molecule has 0 bridgehead atoms. The summed E-state index contributed by atoms with van der Waals surface area (Å²) in [7, 11) is 1.53. The van der Waals surface area contributed by atoms with E-state index in [0.717, 1.165) is 0 Å². The zero-order valence-electron chi connectivity index (χ0n) is 8.03. The lowest BCUT2D eigenvalue weighted by Gasteiger charge is -2.05. The molecule has 0 aromatic carbocycles. The van der Waals surface area contributed by atoms with Crippen LogP contribution in [0.25, 0.3) is 0 Å². The van der Waals surface area contributed by atoms with Gasteiger partial charge in [-0.25, -0.2) is 4.79 Å². The van der Waals surface area contributed by atoms with Crippen molar-refractivity contribution >= 4 is 17.0 Å². The van der Waals surface area contributed by atoms with Crippen molar-refractivity contribution in [2.75, 3.05) is 0 Å². The number of aromatic carboxylic acids is 1. The van der Waals surface area contributed by atoms with Crippen molar-refractivity contribution in [2.45, 2.75) is 18.7 Å². The number of aromatic nitrogens is 1. The Labute approximate surface area is 83.6 Å². The summed E-state index contributed by atoms with van der Waals surface area (Å²) in [6.45, 7) is 3.06. The second-order valence-corrected chi connectivity index (χ2v) is 3.86. The molecule has 0 radical (unpaired) electrons. The molecule has 1 N–H and O–H groups in total. The van der Waals surface area contributed by atoms with Crippen molar-refractivity contribution in [3.05, 3.63) is 17.0 Å². The van der Waals surface area contributed by atoms with Crippen molar-refractivity contribution in [2.24, 2.45) is 7.05 Å². The second-order valence-electron chi connectivity index (χ2n) is 2.99. The second kappa shape index (κ2) is 3.55. The molecule has 14 heavy (non-hydrogen) atoms. The number of rotatable bonds is 2. The molecule has 0 spiro atoms. The van der Waals surface area contributed by atoms with Crippen LogP contribution in [0.2, 0.25) is 0 Å². The molecule has 1 heterocycles. The largest absolute Gasteiger partial charge is 0.768 e. The lowest BCUT2D eigenvalue weighted by atomic mass is 10.2. The van der Waals surface area contributed by atoms with Crippen LogP contribution in [0.4, 0.5) is 0 Å². The monoisotopic (exact) mass is 216 g/mol. The highest BCUT2D eigenvalue weighted by Crippen LogP contribution is 2.23. The maximum atomic E-state index is 10.8. The van der Waals surface area contributed by atoms with Gasteiger partial charge < -0.3 is 14.2 Å². The first-order valence-electron chi connectivity index (χ1n) is 3.86. The molecule has 78 valence electrons. The van der Waals surface area contributed by atoms with Gasteiger partial charge >= 0.3 is 5.97 Å². The Hall–Kier alpha value is -1.14. The van der Waals surface area contributed by atoms with Crippen molar-refractivity contribution < 1.29 is 18.7 Å². The Morgan fingerprint density at radius 2 is 2.00 bits per heavy atom. The van der Waals surface area contributed by atoms with E-state index in [2.05, 4.69) is 0 Å². The molecular formula is C8H10NO4S-. The van der Waals surface area contributed by atoms with E-state index in [1.807, 2.05) is 0 Å². The Kier molecular flexibility index (Phi) is 2.77. The van der Waals surface area contributed by atoms with E-state index in [1.165, 1.54) is 18.5 Å². The van der Waals surface area contributed by atoms with Crippen LogP contribution in [0, 0.1) is 13.8 Å². The summed E-state index contributed by atoms with van der Waals surface area (Å²) < 4.78 is 23.0. The third kappa shape index (κ3) is 1.46. The molecule has 1 rings (SSSR count). The molecule has 0 amide bonds. The van der Waals surface area contributed by atoms with Crippen LogP contribution in [-0.2, 0) is 18.1 Å². The number of carbonyl (C=O) groups is 1. The maximum absolute atomic E-state index is 10.8. The van der Waals surface area contributed by atoms with Crippen molar-refractivity contribution in [1.82, 2.24) is 4.57 Å². The smallest absolute Gasteiger partial charge is 0.352 e. The molecular weight excluding hydrogens is 206 g/mol. The standard InChI is InChI=1S/C8H11NO4S/c1-4-6(8(10)11)9(3)5(2)7(4)14(12)13/h1-3H3,(H,10,11)(H,12,13)/p-1. The molecule has 0 fully saturated rings. The van der Waals surface area contributed by atoms with E-state index < -0.39 is 17.0 Å². The van der Waals surface area contributed by atoms with Gasteiger partial charge in [0.2, 0.25) is 0 Å². The van der Waals surface area contributed by atoms with Crippen LogP contribution < -0.4 is 0 Å². The zero-order chi connectivity index (χ0) is 11.0. The number of hydrogen-bond donors (Lipinski definition) is 1. The number of hydrogen-bond acceptors (Lipinski definition) is 3. The molecule has 1 unspecified atom stereocenters. The Morgan fingerprint density at radius 3 is 2.21 bits per heavy atom. The summed E-state index contributed by atoms with van der Waals surface area (Å²) in [6.07, 6.45) is 0. The molecule has 6 heteroatoms. The van der Waals surface area contributed by atoms with Crippen LogP contribution in [0.3, 0.4) is 0 Å². The third-order valence-electron chi connectivity index (χ3n) is 2.23. The molecule has 1 aromatic heterocycles. The Bertz CT molecular complexity index is 384. The summed E-state index contributed by atoms with van der Waals surface area (Å²) in [6, 6.07) is 0. The average molecular weight is 216 g/mol. The molecule has 5 nitrogen and oxygen atoms in total. The lowest BCUT2D eigenvalue weighted by molar-refractivity contribution is 0.0685. The minimum absolute atomic E-state index is 0.0155. The molecule has 0 saturated carbocycles. The topological polar surface area (TPSA) is 82.4 Å². The van der Waals surface area contributed by atoms with Crippen LogP contribution >= 0.6 is 0 Å². The minimum atomic E-state index is -2.39. The normalized spacial score (nSPS) is 12.9. The number of carboxylic acids is 1. The van der Waals surface area contributed by atoms with Crippen LogP contribution in [0.1, 0.15) is 21.7 Å². The van der Waals surface area contributed by atoms with Gasteiger partial charge in [0.1, 0.15) is 5.69 Å². The molecule has 0 saturated heterocycles. The summed E-state index contributed by atoms with van der Waals surface area (Å²) >= 11 is -2.39. The van der Waals surface area contributed by atoms with E-state index in [0.29, 0.717) is 5.69 Å². The zero-order valence-corrected chi connectivity index (χ0v) is 8.84. The molecule has 0 aliphatic heterocycles. The predicted molar refractivity (Wildman–Crippen MR) is 49.0 cm³/mol. The SMILES string of the molecule is Cc1c(S(=O)[O-])c(C)n(C)c1C(=O)O. The van der Waals surface area contributed by atoms with Crippen LogP contribution in [0.15, 0.2) is 4.90 Å². The van der Waals surface area contributed by atoms with E-state index in [-0.39, 0.29) is 16.2 Å². The number of nitrogens with zero attached hydrogens (tertiary/aromatic N) is 1. The fraction of sp³-hybridized carbons (Fsp3) is 0.375. The van der Waals surface area contributed by atoms with Gasteiger partial charge in [-0.15, -0.1) is 0 Å². The average Bonchev–Trinajstić information content (AvgIpc) is 2.23. The van der Waals surface area contributed by atoms with Crippen molar-refractivity contribution in [1.29, 1.82) is 0 Å². The number of carboxylic acid groups (broad SMARTS) is 1. The van der Waals surface area contributed by atoms with Gasteiger partial charge in [0, 0.05) is 17.6 Å². The van der Waals surface area contributed by atoms with Crippen molar-refractivity contribution in [3.8, 4) is 0 Å². The quantitative estimate of drug-likeness (QED) is 0.733. The first-order chi connectivity index (χ1) is 6.37. The Morgan fingerprint density at radius 1 is 1.50 bits per heavy atom. The highest BCUT2D eigenvalue weighted by Gasteiger charge is 2.20. The van der Waals surface area contributed by atoms with Gasteiger partial charge in [-0.05, 0) is 30.5 Å². The van der Waals surface area contributed by atoms with Gasteiger partial charge in [0.15, 0.2) is 0 Å². The summed E-state index contributed by atoms with van der Waals surface area (Å²) in [4.78, 5) is 10.9. The minimum Gasteiger partial charge on any atom is -0.768 e. The summed E-state index contributed by atoms with van der Waals surface area (Å²) in [5.41, 5.74) is 0.737. The maximum Gasteiger partial charge on any atom is 0.352 e. The summed E-state index contributed by atoms with van der Waals surface area (Å²) in [5, 5.41) is 8.84. The van der Waals surface area contributed by atoms with Gasteiger partial charge in [-0.2, -0.15) is 0 Å². The van der Waals surface area contributed by atoms with Gasteiger partial charge in [0.05, 0.1) is 0 Å².